The number of nitrogens with zero attached hydrogens (tertiary/aromatic N) is 2. The first-order valence-corrected chi connectivity index (χ1v) is 7.43. The Kier molecular flexibility index (Phi) is 4.07. The Morgan fingerprint density at radius 1 is 1.04 bits per heavy atom. The molecule has 0 aliphatic carbocycles. The summed E-state index contributed by atoms with van der Waals surface area (Å²) in [5.74, 6) is 0. The van der Waals surface area contributed by atoms with Gasteiger partial charge < -0.3 is 4.57 Å². The number of hydrogen-bond donors (Lipinski definition) is 0. The molecule has 112 valence electrons. The predicted octanol–water partition coefficient (Wildman–Crippen LogP) is 3.74. The fraction of sp³-hybridized carbons (Fsp3) is 0.100. The van der Waals surface area contributed by atoms with Crippen molar-refractivity contribution in [2.45, 2.75) is 13.5 Å². The second-order valence-corrected chi connectivity index (χ2v) is 5.52. The number of hydrogen-bond acceptors (Lipinski definition) is 2. The monoisotopic (exact) mass is 300 g/mol. The van der Waals surface area contributed by atoms with Crippen molar-refractivity contribution in [2.24, 2.45) is 0 Å². The van der Waals surface area contributed by atoms with E-state index < -0.39 is 0 Å². The SMILES string of the molecule is Cc1ccn(Cc2ccc(-c3ccccc3C#N)cc2)c(=O)c1. The van der Waals surface area contributed by atoms with Crippen LogP contribution in [0.2, 0.25) is 0 Å². The Labute approximate surface area is 135 Å². The largest absolute Gasteiger partial charge is 0.311 e. The van der Waals surface area contributed by atoms with E-state index in [2.05, 4.69) is 6.07 Å². The lowest BCUT2D eigenvalue weighted by Gasteiger charge is -2.08. The number of aryl methyl sites for hydroxylation is 1. The summed E-state index contributed by atoms with van der Waals surface area (Å²) in [6.45, 7) is 2.45. The van der Waals surface area contributed by atoms with Crippen molar-refractivity contribution in [3.63, 3.8) is 0 Å². The lowest BCUT2D eigenvalue weighted by atomic mass is 9.99. The molecule has 3 nitrogen and oxygen atoms in total. The highest BCUT2D eigenvalue weighted by atomic mass is 16.1. The molecular weight excluding hydrogens is 284 g/mol. The minimum Gasteiger partial charge on any atom is -0.311 e. The van der Waals surface area contributed by atoms with Crippen LogP contribution in [0, 0.1) is 18.3 Å². The summed E-state index contributed by atoms with van der Waals surface area (Å²) >= 11 is 0. The molecule has 0 fully saturated rings. The van der Waals surface area contributed by atoms with Crippen LogP contribution in [0.5, 0.6) is 0 Å². The number of rotatable bonds is 3. The minimum atomic E-state index is 0.00361. The van der Waals surface area contributed by atoms with Crippen molar-refractivity contribution >= 4 is 0 Å². The van der Waals surface area contributed by atoms with E-state index in [-0.39, 0.29) is 5.56 Å². The average Bonchev–Trinajstić information content (AvgIpc) is 2.58. The van der Waals surface area contributed by atoms with E-state index in [1.54, 1.807) is 10.6 Å². The Morgan fingerprint density at radius 3 is 2.48 bits per heavy atom. The molecule has 3 rings (SSSR count). The van der Waals surface area contributed by atoms with Gasteiger partial charge in [0.25, 0.3) is 5.56 Å². The van der Waals surface area contributed by atoms with Crippen LogP contribution in [-0.4, -0.2) is 4.57 Å². The highest BCUT2D eigenvalue weighted by Crippen LogP contribution is 2.23. The zero-order valence-corrected chi connectivity index (χ0v) is 12.9. The molecule has 0 atom stereocenters. The van der Waals surface area contributed by atoms with Crippen molar-refractivity contribution in [3.05, 3.63) is 93.9 Å². The third-order valence-electron chi connectivity index (χ3n) is 3.82. The fourth-order valence-corrected chi connectivity index (χ4v) is 2.56. The minimum absolute atomic E-state index is 0.00361. The first-order chi connectivity index (χ1) is 11.2. The molecule has 1 heterocycles. The van der Waals surface area contributed by atoms with E-state index >= 15 is 0 Å². The van der Waals surface area contributed by atoms with E-state index in [9.17, 15) is 10.1 Å². The van der Waals surface area contributed by atoms with Crippen molar-refractivity contribution < 1.29 is 0 Å². The van der Waals surface area contributed by atoms with Gasteiger partial charge >= 0.3 is 0 Å². The standard InChI is InChI=1S/C20H16N2O/c1-15-10-11-22(20(23)12-15)14-16-6-8-17(9-7-16)19-5-3-2-4-18(19)13-21/h2-12H,14H2,1H3. The number of pyridine rings is 1. The van der Waals surface area contributed by atoms with Gasteiger partial charge in [0.1, 0.15) is 0 Å². The molecule has 0 bridgehead atoms. The second kappa shape index (κ2) is 6.33. The maximum atomic E-state index is 11.9. The molecule has 0 spiro atoms. The maximum Gasteiger partial charge on any atom is 0.251 e. The van der Waals surface area contributed by atoms with E-state index in [1.807, 2.05) is 67.7 Å². The van der Waals surface area contributed by atoms with Gasteiger partial charge in [0.05, 0.1) is 18.2 Å². The number of aromatic nitrogens is 1. The highest BCUT2D eigenvalue weighted by molar-refractivity contribution is 5.70. The first-order valence-electron chi connectivity index (χ1n) is 7.43. The van der Waals surface area contributed by atoms with Crippen LogP contribution in [0.4, 0.5) is 0 Å². The zero-order chi connectivity index (χ0) is 16.2. The van der Waals surface area contributed by atoms with Crippen LogP contribution in [0.3, 0.4) is 0 Å². The molecule has 0 aliphatic heterocycles. The van der Waals surface area contributed by atoms with Crippen LogP contribution >= 0.6 is 0 Å². The van der Waals surface area contributed by atoms with Crippen LogP contribution in [-0.2, 0) is 6.54 Å². The predicted molar refractivity (Wildman–Crippen MR) is 91.1 cm³/mol. The van der Waals surface area contributed by atoms with Crippen molar-refractivity contribution in [1.82, 2.24) is 4.57 Å². The molecule has 0 unspecified atom stereocenters. The van der Waals surface area contributed by atoms with Crippen LogP contribution in [0.1, 0.15) is 16.7 Å². The highest BCUT2D eigenvalue weighted by Gasteiger charge is 2.04. The van der Waals surface area contributed by atoms with Gasteiger partial charge in [-0.1, -0.05) is 42.5 Å². The fourth-order valence-electron chi connectivity index (χ4n) is 2.56. The first kappa shape index (κ1) is 14.8. The number of benzene rings is 2. The molecular formula is C20H16N2O. The Morgan fingerprint density at radius 2 is 1.78 bits per heavy atom. The van der Waals surface area contributed by atoms with Gasteiger partial charge in [0, 0.05) is 12.3 Å². The molecule has 0 aliphatic rings. The van der Waals surface area contributed by atoms with Gasteiger partial charge in [-0.2, -0.15) is 5.26 Å². The molecule has 0 radical (unpaired) electrons. The van der Waals surface area contributed by atoms with E-state index in [0.717, 1.165) is 22.3 Å². The quantitative estimate of drug-likeness (QED) is 0.739. The van der Waals surface area contributed by atoms with Crippen LogP contribution < -0.4 is 5.56 Å². The molecule has 0 saturated carbocycles. The van der Waals surface area contributed by atoms with Crippen molar-refractivity contribution in [2.75, 3.05) is 0 Å². The molecule has 23 heavy (non-hydrogen) atoms. The molecule has 3 heteroatoms. The summed E-state index contributed by atoms with van der Waals surface area (Å²) in [4.78, 5) is 11.9. The van der Waals surface area contributed by atoms with Crippen molar-refractivity contribution in [1.29, 1.82) is 5.26 Å². The maximum absolute atomic E-state index is 11.9. The summed E-state index contributed by atoms with van der Waals surface area (Å²) in [5, 5.41) is 9.19. The summed E-state index contributed by atoms with van der Waals surface area (Å²) in [7, 11) is 0. The zero-order valence-electron chi connectivity index (χ0n) is 12.9. The van der Waals surface area contributed by atoms with Crippen molar-refractivity contribution in [3.8, 4) is 17.2 Å². The number of nitriles is 1. The topological polar surface area (TPSA) is 45.8 Å². The summed E-state index contributed by atoms with van der Waals surface area (Å²) in [6.07, 6.45) is 1.82. The van der Waals surface area contributed by atoms with Gasteiger partial charge in [-0.05, 0) is 41.3 Å². The Balaban J connectivity index is 1.88. The van der Waals surface area contributed by atoms with Gasteiger partial charge in [-0.15, -0.1) is 0 Å². The van der Waals surface area contributed by atoms with Gasteiger partial charge in [0.2, 0.25) is 0 Å². The molecule has 0 amide bonds. The van der Waals surface area contributed by atoms with E-state index in [4.69, 9.17) is 0 Å². The lowest BCUT2D eigenvalue weighted by Crippen LogP contribution is -2.19. The second-order valence-electron chi connectivity index (χ2n) is 5.52. The summed E-state index contributed by atoms with van der Waals surface area (Å²) in [5.41, 5.74) is 4.61. The van der Waals surface area contributed by atoms with Gasteiger partial charge in [0.15, 0.2) is 0 Å². The van der Waals surface area contributed by atoms with Crippen LogP contribution in [0.25, 0.3) is 11.1 Å². The molecule has 0 saturated heterocycles. The summed E-state index contributed by atoms with van der Waals surface area (Å²) in [6, 6.07) is 21.3. The average molecular weight is 300 g/mol. The normalized spacial score (nSPS) is 10.3. The van der Waals surface area contributed by atoms with Gasteiger partial charge in [-0.3, -0.25) is 4.79 Å². The Hall–Kier alpha value is -3.12. The van der Waals surface area contributed by atoms with Gasteiger partial charge in [-0.25, -0.2) is 0 Å². The third kappa shape index (κ3) is 3.22. The molecule has 3 aromatic rings. The molecule has 2 aromatic carbocycles. The van der Waals surface area contributed by atoms with E-state index in [1.165, 1.54) is 0 Å². The molecule has 1 aromatic heterocycles. The third-order valence-corrected chi connectivity index (χ3v) is 3.82. The lowest BCUT2D eigenvalue weighted by molar-refractivity contribution is 0.757. The Bertz CT molecular complexity index is 931. The molecule has 0 N–H and O–H groups in total. The summed E-state index contributed by atoms with van der Waals surface area (Å²) < 4.78 is 1.69. The van der Waals surface area contributed by atoms with Crippen LogP contribution in [0.15, 0.2) is 71.7 Å². The van der Waals surface area contributed by atoms with E-state index in [0.29, 0.717) is 12.1 Å². The smallest absolute Gasteiger partial charge is 0.251 e.